The summed E-state index contributed by atoms with van der Waals surface area (Å²) in [6.07, 6.45) is 11.0. The van der Waals surface area contributed by atoms with Gasteiger partial charge < -0.3 is 87.7 Å². The summed E-state index contributed by atoms with van der Waals surface area (Å²) in [7, 11) is 6.47. The van der Waals surface area contributed by atoms with Crippen molar-refractivity contribution in [1.29, 1.82) is 0 Å². The molecule has 19 rings (SSSR count). The van der Waals surface area contributed by atoms with Gasteiger partial charge >= 0.3 is 73.5 Å². The van der Waals surface area contributed by atoms with Crippen LogP contribution in [0.15, 0.2) is 354 Å². The summed E-state index contributed by atoms with van der Waals surface area (Å²) in [5, 5.41) is 22.5. The van der Waals surface area contributed by atoms with Gasteiger partial charge in [0.25, 0.3) is 0 Å². The van der Waals surface area contributed by atoms with Crippen LogP contribution in [0.2, 0.25) is 0 Å². The Kier molecular flexibility index (Phi) is 65.5. The predicted octanol–water partition coefficient (Wildman–Crippen LogP) is 16.7. The maximum Gasteiger partial charge on any atom is 0.0777 e. The SMILES string of the molecule is CPc1ccccc1PC.FC(F)(F)c1cc(-c2ccccn2)[n-]n1.FC(F)(F)c1cc(-c2ccccn2)[n-]n1.FC(F)(F)c1cc(-c2ccccn2)[n-]n1.Fc1c[c-]c(-c2ccccn2)c(F)c1.Fc1c[c-]c(-c2ccccn2)cc1.[CH-]=O.[CH3-].[Cl][Ir+2].[Cl][Ir+2].[Ir].[Ir].[Ir].[Ir].[O-][Cl+3]([O-])([O-])O.[c-]1ccccc1-c1ccccn1.c1ccc(-c2cnc[n-]2)nc1.c1ccc(-c2cnc[n-]2)nc1.c1ccc(-c2cnc[n-]2)nc1. The molecule has 19 aromatic rings. The van der Waals surface area contributed by atoms with Crippen LogP contribution >= 0.6 is 36.3 Å². The van der Waals surface area contributed by atoms with Crippen LogP contribution in [0.1, 0.15) is 17.1 Å². The molecule has 15 aromatic heterocycles. The van der Waals surface area contributed by atoms with Crippen molar-refractivity contribution in [2.24, 2.45) is 0 Å². The zero-order valence-electron chi connectivity index (χ0n) is 73.2. The van der Waals surface area contributed by atoms with Gasteiger partial charge in [-0.2, -0.15) is 53.5 Å². The van der Waals surface area contributed by atoms with Crippen molar-refractivity contribution in [1.82, 2.24) is 105 Å². The summed E-state index contributed by atoms with van der Waals surface area (Å²) in [6, 6.07) is 82.3. The van der Waals surface area contributed by atoms with Crippen molar-refractivity contribution < 1.29 is 203 Å². The van der Waals surface area contributed by atoms with Gasteiger partial charge in [-0.05, 0) is 167 Å². The summed E-state index contributed by atoms with van der Waals surface area (Å²) in [6.45, 7) is 7.72. The maximum absolute atomic E-state index is 13.2. The normalized spacial score (nSPS) is 10.0. The maximum atomic E-state index is 13.2. The average molecular weight is 3120 g/mol. The molecule has 0 aliphatic heterocycles. The van der Waals surface area contributed by atoms with Crippen LogP contribution in [-0.4, -0.2) is 99.9 Å². The van der Waals surface area contributed by atoms with Crippen molar-refractivity contribution in [3.63, 3.8) is 0 Å². The third-order valence-electron chi connectivity index (χ3n) is 16.0. The Bertz CT molecular complexity index is 5970. The van der Waals surface area contributed by atoms with Gasteiger partial charge in [-0.1, -0.05) is 181 Å². The van der Waals surface area contributed by atoms with E-state index in [-0.39, 0.29) is 116 Å². The second-order valence-corrected chi connectivity index (χ2v) is 28.0. The van der Waals surface area contributed by atoms with E-state index in [0.29, 0.717) is 22.8 Å². The molecular formula is C94H71Cl3F12Ir6N21O5P2-7. The average Bonchev–Trinajstić information content (AvgIpc) is 1.54. The fourth-order valence-corrected chi connectivity index (χ4v) is 12.1. The molecule has 0 spiro atoms. The number of imidazole rings is 3. The summed E-state index contributed by atoms with van der Waals surface area (Å²) in [5.74, 6) is -1.56. The number of hydrogen-bond acceptors (Lipinski definition) is 20. The van der Waals surface area contributed by atoms with E-state index in [4.69, 9.17) is 23.4 Å². The largest absolute Gasteiger partial charge is 0.449 e. The minimum atomic E-state index is -4.69. The second-order valence-electron chi connectivity index (χ2n) is 25.2. The van der Waals surface area contributed by atoms with Crippen LogP contribution in [0.4, 0.5) is 52.7 Å². The molecular weight excluding hydrogens is 3050 g/mol. The molecule has 15 heterocycles. The molecule has 0 saturated carbocycles. The quantitative estimate of drug-likeness (QED) is 0.0544. The molecule has 143 heavy (non-hydrogen) atoms. The Morgan fingerprint density at radius 1 is 0.350 bits per heavy atom. The van der Waals surface area contributed by atoms with Crippen LogP contribution < -0.4 is 54.8 Å². The van der Waals surface area contributed by atoms with E-state index in [9.17, 15) is 52.7 Å². The summed E-state index contributed by atoms with van der Waals surface area (Å²) in [5.41, 5.74) is 7.85. The van der Waals surface area contributed by atoms with Crippen molar-refractivity contribution in [3.8, 4) is 102 Å². The first-order valence-corrected chi connectivity index (χ1v) is 48.6. The molecule has 0 aliphatic carbocycles. The van der Waals surface area contributed by atoms with Crippen molar-refractivity contribution in [3.05, 3.63) is 414 Å². The van der Waals surface area contributed by atoms with Gasteiger partial charge in [-0.3, -0.25) is 49.9 Å². The van der Waals surface area contributed by atoms with Gasteiger partial charge in [0.2, 0.25) is 0 Å². The summed E-state index contributed by atoms with van der Waals surface area (Å²) in [4.78, 5) is 67.6. The van der Waals surface area contributed by atoms with Crippen LogP contribution in [0.25, 0.3) is 102 Å². The van der Waals surface area contributed by atoms with Gasteiger partial charge in [-0.15, -0.1) is 77.9 Å². The third-order valence-corrected chi connectivity index (χ3v) is 18.2. The number of carbonyl (C=O) groups excluding carboxylic acids is 1. The molecule has 26 nitrogen and oxygen atoms in total. The van der Waals surface area contributed by atoms with E-state index in [2.05, 4.69) is 187 Å². The number of hydrogen-bond donors (Lipinski definition) is 1. The van der Waals surface area contributed by atoms with Crippen molar-refractivity contribution in [2.45, 2.75) is 18.5 Å². The third kappa shape index (κ3) is 49.8. The van der Waals surface area contributed by atoms with E-state index in [1.807, 2.05) is 115 Å². The number of alkyl halides is 9. The van der Waals surface area contributed by atoms with Gasteiger partial charge in [-0.25, -0.2) is 0 Å². The molecule has 0 aliphatic rings. The number of nitrogens with zero attached hydrogens (tertiary/aromatic N) is 21. The molecule has 49 heteroatoms. The number of benzene rings is 4. The first-order chi connectivity index (χ1) is 66.6. The smallest absolute Gasteiger partial charge is 0.0777 e. The summed E-state index contributed by atoms with van der Waals surface area (Å²) >= 11 is 2.94. The van der Waals surface area contributed by atoms with E-state index >= 15 is 0 Å². The fourth-order valence-electron chi connectivity index (χ4n) is 10.1. The Morgan fingerprint density at radius 2 is 0.608 bits per heavy atom. The molecule has 2 atom stereocenters. The zero-order chi connectivity index (χ0) is 100. The molecule has 4 radical (unpaired) electrons. The van der Waals surface area contributed by atoms with E-state index in [1.165, 1.54) is 96.1 Å². The van der Waals surface area contributed by atoms with Crippen LogP contribution in [-0.2, 0) is 140 Å². The molecule has 0 saturated heterocycles. The Hall–Kier alpha value is -11.2. The van der Waals surface area contributed by atoms with Gasteiger partial charge in [0.15, 0.2) is 0 Å². The van der Waals surface area contributed by atoms with Gasteiger partial charge in [0.05, 0.1) is 32.0 Å². The van der Waals surface area contributed by atoms with E-state index in [0.717, 1.165) is 104 Å². The molecule has 0 bridgehead atoms. The first-order valence-electron chi connectivity index (χ1n) is 38.4. The minimum absolute atomic E-state index is 0. The van der Waals surface area contributed by atoms with Crippen LogP contribution in [0.5, 0.6) is 0 Å². The number of pyridine rings is 9. The molecule has 0 fully saturated rings. The molecule has 1 N–H and O–H groups in total. The van der Waals surface area contributed by atoms with Crippen LogP contribution in [0.3, 0.4) is 0 Å². The monoisotopic (exact) mass is 3130 g/mol. The standard InChI is InChI=1S/C11H6F2N.C11H7FN.C11H8N.3C9H5F3N3.3C8H6N3.C8H12P2.CHO.CH3.ClHO4.2ClH.6Ir/c12-8-4-5-9(10(13)7-8)11-3-1-2-6-14-11;12-10-6-4-9(5-7-10)11-3-1-2-8-13-11;1-2-6-10(7-3-1)11-8-4-5-9-12-11;3*10-9(11,12)8-5-7(14-15-8)6-3-1-2-4-13-6;3*1-2-4-10-7(3-1)8-5-9-6-11-8;1-9-7-5-3-4-6-8(7)10-2;1-2;;2-1(3,4)5;;;;;;;;/h1-4,6-7H;1-4,6-8H;1-6,8-9H;3*1-5H;3*1-6H;3-6,9-10H,1-2H3;1H;1H3;(H,2,3,4,5);2*1H;;;;;;/q9*-1;;2*-1;;;;;;;;2*+3/p-2. The summed E-state index contributed by atoms with van der Waals surface area (Å²) < 4.78 is 181. The van der Waals surface area contributed by atoms with E-state index in [1.54, 1.807) is 135 Å². The Labute approximate surface area is 901 Å². The molecule has 0 amide bonds. The number of rotatable bonds is 11. The van der Waals surface area contributed by atoms with Gasteiger partial charge in [0.1, 0.15) is 17.1 Å². The van der Waals surface area contributed by atoms with E-state index < -0.39 is 57.5 Å². The predicted molar refractivity (Wildman–Crippen MR) is 486 cm³/mol. The molecule has 2 unspecified atom stereocenters. The Balaban J connectivity index is 0.000000784. The minimum Gasteiger partial charge on any atom is -0.449 e. The number of aromatic nitrogens is 21. The van der Waals surface area contributed by atoms with Crippen LogP contribution in [0, 0.1) is 53.3 Å². The zero-order valence-corrected chi connectivity index (χ0v) is 91.8. The second kappa shape index (κ2) is 72.1. The number of halogens is 15. The Morgan fingerprint density at radius 3 is 0.832 bits per heavy atom. The van der Waals surface area contributed by atoms with Gasteiger partial charge in [0, 0.05) is 171 Å². The van der Waals surface area contributed by atoms with Crippen molar-refractivity contribution in [2.75, 3.05) is 13.3 Å². The molecule has 4 aromatic carbocycles. The fraction of sp³-hybridized carbons (Fsp3) is 0.0532. The topological polar surface area (TPSA) is 384 Å². The first kappa shape index (κ1) is 130. The molecule has 758 valence electrons. The van der Waals surface area contributed by atoms with Crippen molar-refractivity contribution >= 4 is 53.7 Å².